The molecule has 5 heteroatoms. The third-order valence-electron chi connectivity index (χ3n) is 4.17. The zero-order valence-electron chi connectivity index (χ0n) is 11.6. The molecule has 1 unspecified atom stereocenters. The molecule has 1 aromatic carbocycles. The van der Waals surface area contributed by atoms with Crippen LogP contribution in [0.15, 0.2) is 24.5 Å². The molecular weight excluding hydrogens is 250 g/mol. The SMILES string of the molecule is Cc1cccc2nc(C3Cc4nc[nH]c4CN3)n(C)c12. The summed E-state index contributed by atoms with van der Waals surface area (Å²) in [6.45, 7) is 2.95. The average Bonchev–Trinajstić information content (AvgIpc) is 3.03. The van der Waals surface area contributed by atoms with Crippen LogP contribution in [0.3, 0.4) is 0 Å². The highest BCUT2D eigenvalue weighted by molar-refractivity contribution is 5.79. The van der Waals surface area contributed by atoms with Gasteiger partial charge in [0, 0.05) is 20.0 Å². The Balaban J connectivity index is 1.80. The number of hydrogen-bond acceptors (Lipinski definition) is 3. The van der Waals surface area contributed by atoms with Gasteiger partial charge >= 0.3 is 0 Å². The molecule has 0 bridgehead atoms. The Morgan fingerprint density at radius 2 is 2.25 bits per heavy atom. The van der Waals surface area contributed by atoms with E-state index in [-0.39, 0.29) is 6.04 Å². The number of fused-ring (bicyclic) bond motifs is 2. The van der Waals surface area contributed by atoms with Crippen LogP contribution in [0.1, 0.15) is 28.8 Å². The summed E-state index contributed by atoms with van der Waals surface area (Å²) < 4.78 is 2.21. The molecule has 20 heavy (non-hydrogen) atoms. The molecule has 4 rings (SSSR count). The summed E-state index contributed by atoms with van der Waals surface area (Å²) in [4.78, 5) is 12.4. The van der Waals surface area contributed by atoms with Crippen molar-refractivity contribution in [1.82, 2.24) is 24.8 Å². The Morgan fingerprint density at radius 3 is 3.10 bits per heavy atom. The van der Waals surface area contributed by atoms with Gasteiger partial charge < -0.3 is 14.9 Å². The molecule has 0 fully saturated rings. The first kappa shape index (κ1) is 11.7. The monoisotopic (exact) mass is 267 g/mol. The molecule has 102 valence electrons. The molecule has 3 heterocycles. The number of rotatable bonds is 1. The van der Waals surface area contributed by atoms with Crippen LogP contribution in [-0.2, 0) is 20.0 Å². The zero-order chi connectivity index (χ0) is 13.7. The molecule has 1 atom stereocenters. The maximum Gasteiger partial charge on any atom is 0.127 e. The molecule has 0 radical (unpaired) electrons. The fourth-order valence-electron chi connectivity index (χ4n) is 3.15. The van der Waals surface area contributed by atoms with E-state index < -0.39 is 0 Å². The lowest BCUT2D eigenvalue weighted by Gasteiger charge is -2.22. The van der Waals surface area contributed by atoms with Gasteiger partial charge in [-0.05, 0) is 18.6 Å². The normalized spacial score (nSPS) is 18.4. The summed E-state index contributed by atoms with van der Waals surface area (Å²) in [7, 11) is 2.10. The van der Waals surface area contributed by atoms with Crippen LogP contribution in [-0.4, -0.2) is 19.5 Å². The van der Waals surface area contributed by atoms with Crippen LogP contribution in [0.25, 0.3) is 11.0 Å². The number of hydrogen-bond donors (Lipinski definition) is 2. The molecule has 2 N–H and O–H groups in total. The van der Waals surface area contributed by atoms with Gasteiger partial charge in [-0.25, -0.2) is 9.97 Å². The van der Waals surface area contributed by atoms with E-state index in [4.69, 9.17) is 4.98 Å². The van der Waals surface area contributed by atoms with Crippen molar-refractivity contribution in [3.63, 3.8) is 0 Å². The van der Waals surface area contributed by atoms with E-state index >= 15 is 0 Å². The van der Waals surface area contributed by atoms with Crippen molar-refractivity contribution in [2.45, 2.75) is 25.9 Å². The van der Waals surface area contributed by atoms with Crippen molar-refractivity contribution in [2.75, 3.05) is 0 Å². The van der Waals surface area contributed by atoms with Gasteiger partial charge in [-0.1, -0.05) is 12.1 Å². The number of aromatic amines is 1. The molecule has 2 aromatic heterocycles. The van der Waals surface area contributed by atoms with E-state index in [1.807, 2.05) is 0 Å². The van der Waals surface area contributed by atoms with Crippen LogP contribution in [0.4, 0.5) is 0 Å². The lowest BCUT2D eigenvalue weighted by atomic mass is 10.0. The quantitative estimate of drug-likeness (QED) is 0.709. The topological polar surface area (TPSA) is 58.5 Å². The summed E-state index contributed by atoms with van der Waals surface area (Å²) >= 11 is 0. The minimum atomic E-state index is 0.225. The van der Waals surface area contributed by atoms with E-state index in [1.54, 1.807) is 6.33 Å². The van der Waals surface area contributed by atoms with Crippen LogP contribution < -0.4 is 5.32 Å². The average molecular weight is 267 g/mol. The first-order valence-electron chi connectivity index (χ1n) is 6.90. The molecular formula is C15H17N5. The fourth-order valence-corrected chi connectivity index (χ4v) is 3.15. The molecule has 1 aliphatic rings. The van der Waals surface area contributed by atoms with E-state index in [0.717, 1.165) is 30.0 Å². The van der Waals surface area contributed by atoms with Crippen molar-refractivity contribution in [3.8, 4) is 0 Å². The molecule has 0 saturated heterocycles. The summed E-state index contributed by atoms with van der Waals surface area (Å²) in [5.41, 5.74) is 5.89. The molecule has 3 aromatic rings. The summed E-state index contributed by atoms with van der Waals surface area (Å²) in [6.07, 6.45) is 2.66. The third kappa shape index (κ3) is 1.59. The van der Waals surface area contributed by atoms with Gasteiger partial charge in [0.1, 0.15) is 5.82 Å². The van der Waals surface area contributed by atoms with Gasteiger partial charge in [-0.15, -0.1) is 0 Å². The summed E-state index contributed by atoms with van der Waals surface area (Å²) in [6, 6.07) is 6.50. The van der Waals surface area contributed by atoms with Gasteiger partial charge in [0.2, 0.25) is 0 Å². The van der Waals surface area contributed by atoms with Crippen molar-refractivity contribution in [3.05, 3.63) is 47.3 Å². The lowest BCUT2D eigenvalue weighted by Crippen LogP contribution is -2.30. The Labute approximate surface area is 117 Å². The number of nitrogens with zero attached hydrogens (tertiary/aromatic N) is 3. The second kappa shape index (κ2) is 4.18. The lowest BCUT2D eigenvalue weighted by molar-refractivity contribution is 0.459. The second-order valence-electron chi connectivity index (χ2n) is 5.44. The molecule has 0 aliphatic carbocycles. The molecule has 5 nitrogen and oxygen atoms in total. The van der Waals surface area contributed by atoms with Crippen molar-refractivity contribution in [2.24, 2.45) is 7.05 Å². The highest BCUT2D eigenvalue weighted by Gasteiger charge is 2.25. The van der Waals surface area contributed by atoms with E-state index in [0.29, 0.717) is 0 Å². The zero-order valence-corrected chi connectivity index (χ0v) is 11.6. The Kier molecular flexibility index (Phi) is 2.44. The van der Waals surface area contributed by atoms with Crippen molar-refractivity contribution in [1.29, 1.82) is 0 Å². The largest absolute Gasteiger partial charge is 0.347 e. The van der Waals surface area contributed by atoms with Gasteiger partial charge in [-0.3, -0.25) is 0 Å². The van der Waals surface area contributed by atoms with Crippen LogP contribution >= 0.6 is 0 Å². The fraction of sp³-hybridized carbons (Fsp3) is 0.333. The van der Waals surface area contributed by atoms with E-state index in [2.05, 4.69) is 52.0 Å². The maximum absolute atomic E-state index is 4.82. The molecule has 1 aliphatic heterocycles. The summed E-state index contributed by atoms with van der Waals surface area (Å²) in [5.74, 6) is 1.09. The van der Waals surface area contributed by atoms with E-state index in [1.165, 1.54) is 16.8 Å². The standard InChI is InChI=1S/C15H17N5/c1-9-4-3-5-10-14(9)20(2)15(19-10)12-6-11-13(7-16-12)18-8-17-11/h3-5,8,12,16H,6-7H2,1-2H3,(H,17,18). The highest BCUT2D eigenvalue weighted by Crippen LogP contribution is 2.27. The predicted octanol–water partition coefficient (Wildman–Crippen LogP) is 1.99. The smallest absolute Gasteiger partial charge is 0.127 e. The summed E-state index contributed by atoms with van der Waals surface area (Å²) in [5, 5.41) is 3.54. The number of aromatic nitrogens is 4. The molecule has 0 amide bonds. The predicted molar refractivity (Wildman–Crippen MR) is 77.3 cm³/mol. The van der Waals surface area contributed by atoms with E-state index in [9.17, 15) is 0 Å². The van der Waals surface area contributed by atoms with Crippen LogP contribution in [0.5, 0.6) is 0 Å². The maximum atomic E-state index is 4.82. The van der Waals surface area contributed by atoms with Gasteiger partial charge in [-0.2, -0.15) is 0 Å². The number of benzene rings is 1. The van der Waals surface area contributed by atoms with Gasteiger partial charge in [0.15, 0.2) is 0 Å². The number of para-hydroxylation sites is 1. The first-order valence-corrected chi connectivity index (χ1v) is 6.90. The Bertz CT molecular complexity index is 783. The first-order chi connectivity index (χ1) is 9.74. The highest BCUT2D eigenvalue weighted by atomic mass is 15.1. The Hall–Kier alpha value is -2.14. The van der Waals surface area contributed by atoms with Crippen molar-refractivity contribution < 1.29 is 0 Å². The second-order valence-corrected chi connectivity index (χ2v) is 5.44. The number of imidazole rings is 2. The number of aryl methyl sites for hydroxylation is 2. The molecule has 0 spiro atoms. The Morgan fingerprint density at radius 1 is 1.35 bits per heavy atom. The van der Waals surface area contributed by atoms with Crippen LogP contribution in [0, 0.1) is 6.92 Å². The minimum absolute atomic E-state index is 0.225. The van der Waals surface area contributed by atoms with Crippen molar-refractivity contribution >= 4 is 11.0 Å². The third-order valence-corrected chi connectivity index (χ3v) is 4.17. The molecule has 0 saturated carbocycles. The number of H-pyrrole nitrogens is 1. The van der Waals surface area contributed by atoms with Crippen LogP contribution in [0.2, 0.25) is 0 Å². The minimum Gasteiger partial charge on any atom is -0.347 e. The van der Waals surface area contributed by atoms with Gasteiger partial charge in [0.25, 0.3) is 0 Å². The number of nitrogens with one attached hydrogen (secondary N) is 2. The van der Waals surface area contributed by atoms with Gasteiger partial charge in [0.05, 0.1) is 34.8 Å².